The first-order valence-corrected chi connectivity index (χ1v) is 8.83. The van der Waals surface area contributed by atoms with Crippen molar-refractivity contribution < 1.29 is 9.53 Å². The number of carbonyl (C=O) groups excluding carboxylic acids is 1. The van der Waals surface area contributed by atoms with E-state index in [0.717, 1.165) is 45.3 Å². The molecular weight excluding hydrogens is 264 g/mol. The molecule has 2 fully saturated rings. The second-order valence-electron chi connectivity index (χ2n) is 6.64. The monoisotopic (exact) mass is 296 g/mol. The topological polar surface area (TPSA) is 41.6 Å². The molecule has 0 radical (unpaired) electrons. The van der Waals surface area contributed by atoms with Crippen LogP contribution in [0, 0.1) is 5.92 Å². The van der Waals surface area contributed by atoms with Crippen LogP contribution in [0.4, 0.5) is 0 Å². The van der Waals surface area contributed by atoms with Gasteiger partial charge in [-0.15, -0.1) is 0 Å². The molecule has 1 amide bonds. The summed E-state index contributed by atoms with van der Waals surface area (Å²) in [4.78, 5) is 14.8. The maximum Gasteiger partial charge on any atom is 0.251 e. The maximum absolute atomic E-state index is 12.7. The Balaban J connectivity index is 1.86. The number of rotatable bonds is 6. The number of likely N-dealkylation sites (tertiary alicyclic amines) is 1. The van der Waals surface area contributed by atoms with E-state index in [0.29, 0.717) is 12.0 Å². The first kappa shape index (κ1) is 16.8. The molecule has 1 N–H and O–H groups in total. The Hall–Kier alpha value is -0.610. The van der Waals surface area contributed by atoms with Crippen LogP contribution < -0.4 is 5.32 Å². The van der Waals surface area contributed by atoms with Gasteiger partial charge < -0.3 is 15.0 Å². The Labute approximate surface area is 129 Å². The fourth-order valence-electron chi connectivity index (χ4n) is 3.69. The van der Waals surface area contributed by atoms with Gasteiger partial charge >= 0.3 is 0 Å². The molecule has 1 saturated heterocycles. The van der Waals surface area contributed by atoms with Crippen LogP contribution in [0.15, 0.2) is 0 Å². The smallest absolute Gasteiger partial charge is 0.251 e. The summed E-state index contributed by atoms with van der Waals surface area (Å²) in [5.41, 5.74) is 0. The third-order valence-corrected chi connectivity index (χ3v) is 4.88. The lowest BCUT2D eigenvalue weighted by molar-refractivity contribution is -0.151. The Kier molecular flexibility index (Phi) is 6.97. The van der Waals surface area contributed by atoms with E-state index in [1.54, 1.807) is 0 Å². The molecule has 1 aliphatic heterocycles. The molecule has 4 heteroatoms. The van der Waals surface area contributed by atoms with Gasteiger partial charge in [0.2, 0.25) is 0 Å². The third kappa shape index (κ3) is 4.96. The fourth-order valence-corrected chi connectivity index (χ4v) is 3.69. The zero-order valence-electron chi connectivity index (χ0n) is 13.8. The van der Waals surface area contributed by atoms with E-state index in [-0.39, 0.29) is 12.0 Å². The minimum atomic E-state index is -0.221. The highest BCUT2D eigenvalue weighted by molar-refractivity contribution is 5.81. The van der Waals surface area contributed by atoms with Gasteiger partial charge in [0.25, 0.3) is 5.91 Å². The molecule has 0 aromatic carbocycles. The number of carbonyl (C=O) groups is 1. The first-order chi connectivity index (χ1) is 10.2. The third-order valence-electron chi connectivity index (χ3n) is 4.88. The van der Waals surface area contributed by atoms with E-state index >= 15 is 0 Å². The molecule has 0 aromatic rings. The zero-order valence-corrected chi connectivity index (χ0v) is 13.8. The Bertz CT molecular complexity index is 314. The van der Waals surface area contributed by atoms with Crippen molar-refractivity contribution in [3.8, 4) is 0 Å². The van der Waals surface area contributed by atoms with Gasteiger partial charge in [0.15, 0.2) is 0 Å². The van der Waals surface area contributed by atoms with E-state index in [1.165, 1.54) is 25.7 Å². The summed E-state index contributed by atoms with van der Waals surface area (Å²) in [5.74, 6) is 0.823. The van der Waals surface area contributed by atoms with E-state index in [1.807, 2.05) is 11.9 Å². The number of hydrogen-bond donors (Lipinski definition) is 1. The standard InChI is InChI=1S/C17H32N2O2/c1-3-16(21-15-9-5-4-6-10-15)17(20)19-11-7-8-14(13-19)12-18-2/h14-16,18H,3-13H2,1-2H3. The van der Waals surface area contributed by atoms with Gasteiger partial charge in [-0.05, 0) is 51.6 Å². The van der Waals surface area contributed by atoms with Crippen molar-refractivity contribution >= 4 is 5.91 Å². The van der Waals surface area contributed by atoms with Gasteiger partial charge in [-0.25, -0.2) is 0 Å². The largest absolute Gasteiger partial charge is 0.365 e. The summed E-state index contributed by atoms with van der Waals surface area (Å²) in [6.45, 7) is 4.87. The quantitative estimate of drug-likeness (QED) is 0.819. The van der Waals surface area contributed by atoms with Crippen LogP contribution in [0.1, 0.15) is 58.3 Å². The van der Waals surface area contributed by atoms with Gasteiger partial charge in [0.05, 0.1) is 6.10 Å². The molecule has 21 heavy (non-hydrogen) atoms. The molecule has 1 aliphatic carbocycles. The molecule has 122 valence electrons. The van der Waals surface area contributed by atoms with Crippen LogP contribution in [-0.4, -0.2) is 49.7 Å². The minimum absolute atomic E-state index is 0.221. The van der Waals surface area contributed by atoms with Gasteiger partial charge in [0.1, 0.15) is 6.10 Å². The minimum Gasteiger partial charge on any atom is -0.365 e. The first-order valence-electron chi connectivity index (χ1n) is 8.83. The van der Waals surface area contributed by atoms with E-state index in [4.69, 9.17) is 4.74 Å². The summed E-state index contributed by atoms with van der Waals surface area (Å²) in [6, 6.07) is 0. The molecule has 1 heterocycles. The van der Waals surface area contributed by atoms with Crippen LogP contribution in [0.5, 0.6) is 0 Å². The Morgan fingerprint density at radius 1 is 1.24 bits per heavy atom. The lowest BCUT2D eigenvalue weighted by Crippen LogP contribution is -2.48. The second-order valence-corrected chi connectivity index (χ2v) is 6.64. The molecule has 0 bridgehead atoms. The van der Waals surface area contributed by atoms with Crippen LogP contribution in [0.25, 0.3) is 0 Å². The Morgan fingerprint density at radius 3 is 2.67 bits per heavy atom. The molecule has 2 unspecified atom stereocenters. The van der Waals surface area contributed by atoms with Gasteiger partial charge in [0, 0.05) is 13.1 Å². The lowest BCUT2D eigenvalue weighted by atomic mass is 9.96. The fraction of sp³-hybridized carbons (Fsp3) is 0.941. The lowest BCUT2D eigenvalue weighted by Gasteiger charge is -2.36. The van der Waals surface area contributed by atoms with Crippen LogP contribution in [0.2, 0.25) is 0 Å². The summed E-state index contributed by atoms with van der Waals surface area (Å²) in [5, 5.41) is 3.24. The molecule has 2 atom stereocenters. The van der Waals surface area contributed by atoms with Crippen LogP contribution in [0.3, 0.4) is 0 Å². The number of piperidine rings is 1. The van der Waals surface area contributed by atoms with Crippen LogP contribution in [-0.2, 0) is 9.53 Å². The highest BCUT2D eigenvalue weighted by Crippen LogP contribution is 2.24. The van der Waals surface area contributed by atoms with Gasteiger partial charge in [-0.2, -0.15) is 0 Å². The van der Waals surface area contributed by atoms with E-state index in [2.05, 4.69) is 12.2 Å². The van der Waals surface area contributed by atoms with Gasteiger partial charge in [-0.3, -0.25) is 4.79 Å². The van der Waals surface area contributed by atoms with Crippen molar-refractivity contribution in [2.75, 3.05) is 26.7 Å². The number of nitrogens with zero attached hydrogens (tertiary/aromatic N) is 1. The van der Waals surface area contributed by atoms with Crippen molar-refractivity contribution in [2.24, 2.45) is 5.92 Å². The summed E-state index contributed by atoms with van der Waals surface area (Å²) in [7, 11) is 1.99. The number of hydrogen-bond acceptors (Lipinski definition) is 3. The van der Waals surface area contributed by atoms with E-state index in [9.17, 15) is 4.79 Å². The van der Waals surface area contributed by atoms with Crippen LogP contribution >= 0.6 is 0 Å². The van der Waals surface area contributed by atoms with Crippen molar-refractivity contribution in [1.82, 2.24) is 10.2 Å². The van der Waals surface area contributed by atoms with Gasteiger partial charge in [-0.1, -0.05) is 26.2 Å². The summed E-state index contributed by atoms with van der Waals surface area (Å²) in [6.07, 6.45) is 9.32. The number of ether oxygens (including phenoxy) is 1. The molecule has 2 aliphatic rings. The van der Waals surface area contributed by atoms with E-state index < -0.39 is 0 Å². The highest BCUT2D eigenvalue weighted by Gasteiger charge is 2.30. The average molecular weight is 296 g/mol. The predicted molar refractivity (Wildman–Crippen MR) is 85.3 cm³/mol. The Morgan fingerprint density at radius 2 is 2.00 bits per heavy atom. The molecule has 0 aromatic heterocycles. The molecule has 0 spiro atoms. The van der Waals surface area contributed by atoms with Crippen molar-refractivity contribution in [3.05, 3.63) is 0 Å². The molecule has 4 nitrogen and oxygen atoms in total. The molecular formula is C17H32N2O2. The van der Waals surface area contributed by atoms with Crippen molar-refractivity contribution in [3.63, 3.8) is 0 Å². The summed E-state index contributed by atoms with van der Waals surface area (Å²) >= 11 is 0. The average Bonchev–Trinajstić information content (AvgIpc) is 2.53. The second kappa shape index (κ2) is 8.74. The SMILES string of the molecule is CCC(OC1CCCCC1)C(=O)N1CCCC(CNC)C1. The maximum atomic E-state index is 12.7. The number of nitrogens with one attached hydrogen (secondary N) is 1. The molecule has 2 rings (SSSR count). The zero-order chi connectivity index (χ0) is 15.1. The highest BCUT2D eigenvalue weighted by atomic mass is 16.5. The predicted octanol–water partition coefficient (Wildman–Crippen LogP) is 2.57. The molecule has 1 saturated carbocycles. The normalized spacial score (nSPS) is 25.8. The number of amides is 1. The van der Waals surface area contributed by atoms with Crippen molar-refractivity contribution in [1.29, 1.82) is 0 Å². The summed E-state index contributed by atoms with van der Waals surface area (Å²) < 4.78 is 6.14. The van der Waals surface area contributed by atoms with Crippen molar-refractivity contribution in [2.45, 2.75) is 70.5 Å².